The van der Waals surface area contributed by atoms with Crippen molar-refractivity contribution in [3.8, 4) is 11.5 Å². The molecule has 1 aliphatic carbocycles. The van der Waals surface area contributed by atoms with Crippen molar-refractivity contribution >= 4 is 29.9 Å². The van der Waals surface area contributed by atoms with Crippen LogP contribution in [0.5, 0.6) is 11.5 Å². The lowest BCUT2D eigenvalue weighted by Gasteiger charge is -2.27. The summed E-state index contributed by atoms with van der Waals surface area (Å²) in [6.45, 7) is 1.19. The molecular weight excluding hydrogens is 465 g/mol. The van der Waals surface area contributed by atoms with Gasteiger partial charge in [-0.25, -0.2) is 4.99 Å². The predicted molar refractivity (Wildman–Crippen MR) is 122 cm³/mol. The largest absolute Gasteiger partial charge is 0.493 e. The molecule has 1 fully saturated rings. The molecule has 1 unspecified atom stereocenters. The third-order valence-corrected chi connectivity index (χ3v) is 5.27. The van der Waals surface area contributed by atoms with Crippen molar-refractivity contribution in [1.29, 1.82) is 0 Å². The minimum Gasteiger partial charge on any atom is -0.493 e. The third-order valence-electron chi connectivity index (χ3n) is 5.27. The van der Waals surface area contributed by atoms with Crippen molar-refractivity contribution in [3.63, 3.8) is 0 Å². The van der Waals surface area contributed by atoms with Crippen molar-refractivity contribution in [2.24, 2.45) is 10.7 Å². The lowest BCUT2D eigenvalue weighted by Crippen LogP contribution is -2.37. The Balaban J connectivity index is 0.00000225. The molecule has 6 heteroatoms. The number of hydrogen-bond acceptors (Lipinski definition) is 3. The number of nitrogens with two attached hydrogens (primary N) is 1. The summed E-state index contributed by atoms with van der Waals surface area (Å²) in [5.74, 6) is 2.30. The molecule has 1 atom stereocenters. The minimum atomic E-state index is 0. The van der Waals surface area contributed by atoms with Crippen LogP contribution < -0.4 is 20.5 Å². The van der Waals surface area contributed by atoms with Crippen molar-refractivity contribution in [2.75, 3.05) is 6.61 Å². The average molecular weight is 493 g/mol. The molecule has 2 aromatic carbocycles. The van der Waals surface area contributed by atoms with Crippen LogP contribution in [0.2, 0.25) is 0 Å². The summed E-state index contributed by atoms with van der Waals surface area (Å²) >= 11 is 0. The number of para-hydroxylation sites is 2. The number of nitrogens with zero attached hydrogens (tertiary/aromatic N) is 1. The number of benzene rings is 2. The van der Waals surface area contributed by atoms with Crippen molar-refractivity contribution in [3.05, 3.63) is 59.7 Å². The maximum absolute atomic E-state index is 6.19. The van der Waals surface area contributed by atoms with E-state index in [1.165, 1.54) is 12.8 Å². The number of nitrogens with one attached hydrogen (secondary N) is 1. The van der Waals surface area contributed by atoms with Crippen molar-refractivity contribution < 1.29 is 9.47 Å². The summed E-state index contributed by atoms with van der Waals surface area (Å²) in [6, 6.07) is 16.3. The van der Waals surface area contributed by atoms with E-state index in [0.29, 0.717) is 25.2 Å². The van der Waals surface area contributed by atoms with Gasteiger partial charge in [0.2, 0.25) is 0 Å². The molecule has 0 bridgehead atoms. The van der Waals surface area contributed by atoms with Crippen LogP contribution >= 0.6 is 24.0 Å². The smallest absolute Gasteiger partial charge is 0.189 e. The first-order valence-corrected chi connectivity index (χ1v) is 9.82. The Kier molecular flexibility index (Phi) is 7.42. The molecule has 0 amide bonds. The van der Waals surface area contributed by atoms with Crippen LogP contribution in [0.4, 0.5) is 0 Å². The topological polar surface area (TPSA) is 68.9 Å². The normalized spacial score (nSPS) is 19.3. The summed E-state index contributed by atoms with van der Waals surface area (Å²) < 4.78 is 11.9. The second kappa shape index (κ2) is 10.0. The van der Waals surface area contributed by atoms with E-state index in [2.05, 4.69) is 22.4 Å². The average Bonchev–Trinajstić information content (AvgIpc) is 3.21. The monoisotopic (exact) mass is 493 g/mol. The molecular formula is C22H28IN3O2. The molecule has 1 saturated carbocycles. The summed E-state index contributed by atoms with van der Waals surface area (Å²) in [6.07, 6.45) is 6.01. The highest BCUT2D eigenvalue weighted by Gasteiger charge is 2.21. The van der Waals surface area contributed by atoms with Gasteiger partial charge in [-0.3, -0.25) is 0 Å². The Hall–Kier alpha value is -1.96. The Bertz CT molecular complexity index is 806. The van der Waals surface area contributed by atoms with Crippen LogP contribution in [-0.4, -0.2) is 18.7 Å². The van der Waals surface area contributed by atoms with E-state index in [1.54, 1.807) is 0 Å². The van der Waals surface area contributed by atoms with E-state index in [-0.39, 0.29) is 30.0 Å². The molecule has 5 nitrogen and oxygen atoms in total. The lowest BCUT2D eigenvalue weighted by molar-refractivity contribution is 0.208. The van der Waals surface area contributed by atoms with Gasteiger partial charge in [0, 0.05) is 17.5 Å². The van der Waals surface area contributed by atoms with Gasteiger partial charge in [-0.2, -0.15) is 0 Å². The van der Waals surface area contributed by atoms with Crippen LogP contribution in [0, 0.1) is 0 Å². The first kappa shape index (κ1) is 20.8. The fourth-order valence-electron chi connectivity index (χ4n) is 3.82. The maximum atomic E-state index is 6.19. The first-order valence-electron chi connectivity index (χ1n) is 9.82. The Morgan fingerprint density at radius 1 is 1.07 bits per heavy atom. The summed E-state index contributed by atoms with van der Waals surface area (Å²) in [4.78, 5) is 4.56. The molecule has 2 aliphatic rings. The van der Waals surface area contributed by atoms with Gasteiger partial charge in [0.25, 0.3) is 0 Å². The number of halogens is 1. The van der Waals surface area contributed by atoms with Crippen LogP contribution in [0.1, 0.15) is 49.3 Å². The van der Waals surface area contributed by atoms with E-state index >= 15 is 0 Å². The molecule has 3 N–H and O–H groups in total. The zero-order chi connectivity index (χ0) is 18.5. The van der Waals surface area contributed by atoms with E-state index < -0.39 is 0 Å². The van der Waals surface area contributed by atoms with Crippen molar-refractivity contribution in [2.45, 2.75) is 50.8 Å². The van der Waals surface area contributed by atoms with Crippen LogP contribution in [-0.2, 0) is 6.54 Å². The van der Waals surface area contributed by atoms with Gasteiger partial charge in [-0.05, 0) is 37.8 Å². The second-order valence-electron chi connectivity index (χ2n) is 7.21. The lowest BCUT2D eigenvalue weighted by atomic mass is 10.0. The van der Waals surface area contributed by atoms with Gasteiger partial charge >= 0.3 is 0 Å². The van der Waals surface area contributed by atoms with Crippen molar-refractivity contribution in [1.82, 2.24) is 5.32 Å². The Morgan fingerprint density at radius 2 is 1.82 bits per heavy atom. The summed E-state index contributed by atoms with van der Waals surface area (Å²) in [5, 5.41) is 3.34. The third kappa shape index (κ3) is 5.10. The minimum absolute atomic E-state index is 0. The Morgan fingerprint density at radius 3 is 2.68 bits per heavy atom. The quantitative estimate of drug-likeness (QED) is 0.364. The first-order chi connectivity index (χ1) is 13.3. The molecule has 1 aliphatic heterocycles. The highest BCUT2D eigenvalue weighted by Crippen LogP contribution is 2.31. The van der Waals surface area contributed by atoms with Crippen LogP contribution in [0.3, 0.4) is 0 Å². The number of fused-ring (bicyclic) bond motifs is 1. The maximum Gasteiger partial charge on any atom is 0.189 e. The standard InChI is InChI=1S/C22H27N3O2.HI/c23-22(25-19-13-14-26-21-12-6-4-10-18(19)21)24-15-16-7-1-5-11-20(16)27-17-8-2-3-9-17;/h1,4-7,10-12,17,19H,2-3,8-9,13-15H2,(H3,23,24,25);1H. The molecule has 0 radical (unpaired) electrons. The number of hydrogen-bond donors (Lipinski definition) is 2. The molecule has 0 saturated heterocycles. The highest BCUT2D eigenvalue weighted by molar-refractivity contribution is 14.0. The zero-order valence-electron chi connectivity index (χ0n) is 16.0. The fourth-order valence-corrected chi connectivity index (χ4v) is 3.82. The predicted octanol–water partition coefficient (Wildman–Crippen LogP) is 4.55. The molecule has 28 heavy (non-hydrogen) atoms. The summed E-state index contributed by atoms with van der Waals surface area (Å²) in [5.41, 5.74) is 8.38. The van der Waals surface area contributed by atoms with Gasteiger partial charge in [-0.15, -0.1) is 24.0 Å². The number of aliphatic imine (C=N–C) groups is 1. The molecule has 2 aromatic rings. The molecule has 150 valence electrons. The second-order valence-corrected chi connectivity index (χ2v) is 7.21. The van der Waals surface area contributed by atoms with E-state index in [0.717, 1.165) is 41.9 Å². The van der Waals surface area contributed by atoms with Crippen LogP contribution in [0.25, 0.3) is 0 Å². The highest BCUT2D eigenvalue weighted by atomic mass is 127. The number of rotatable bonds is 5. The molecule has 0 aromatic heterocycles. The zero-order valence-corrected chi connectivity index (χ0v) is 18.3. The van der Waals surface area contributed by atoms with E-state index in [9.17, 15) is 0 Å². The molecule has 1 heterocycles. The van der Waals surface area contributed by atoms with E-state index in [4.69, 9.17) is 15.2 Å². The SMILES string of the molecule is I.NC(=NCc1ccccc1OC1CCCC1)NC1CCOc2ccccc21. The van der Waals surface area contributed by atoms with E-state index in [1.807, 2.05) is 36.4 Å². The number of ether oxygens (including phenoxy) is 2. The Labute approximate surface area is 183 Å². The van der Waals surface area contributed by atoms with Gasteiger partial charge in [0.15, 0.2) is 5.96 Å². The fraction of sp³-hybridized carbons (Fsp3) is 0.409. The van der Waals surface area contributed by atoms with Crippen LogP contribution in [0.15, 0.2) is 53.5 Å². The van der Waals surface area contributed by atoms with Gasteiger partial charge in [-0.1, -0.05) is 36.4 Å². The van der Waals surface area contributed by atoms with Gasteiger partial charge < -0.3 is 20.5 Å². The molecule has 4 rings (SSSR count). The van der Waals surface area contributed by atoms with Gasteiger partial charge in [0.1, 0.15) is 11.5 Å². The number of guanidine groups is 1. The molecule has 0 spiro atoms. The summed E-state index contributed by atoms with van der Waals surface area (Å²) in [7, 11) is 0. The van der Waals surface area contributed by atoms with Gasteiger partial charge in [0.05, 0.1) is 25.3 Å².